The summed E-state index contributed by atoms with van der Waals surface area (Å²) >= 11 is 1.29. The summed E-state index contributed by atoms with van der Waals surface area (Å²) < 4.78 is 5.01. The van der Waals surface area contributed by atoms with Crippen molar-refractivity contribution < 1.29 is 14.3 Å². The fraction of sp³-hybridized carbons (Fsp3) is 0.368. The Morgan fingerprint density at radius 1 is 1.12 bits per heavy atom. The third kappa shape index (κ3) is 4.83. The molecule has 0 saturated carbocycles. The standard InChI is InChI=1S/C19H23N3O3S/c1-2-21-9-11-22(12-10-21)16-7-5-15(6-8-16)20-18(23)14-25-19(24)17-4-3-13-26-17/h3-8,13H,2,9-12,14H2,1H3,(H,20,23). The smallest absolute Gasteiger partial charge is 0.348 e. The minimum Gasteiger partial charge on any atom is -0.451 e. The topological polar surface area (TPSA) is 61.9 Å². The van der Waals surface area contributed by atoms with Crippen molar-refractivity contribution in [3.8, 4) is 0 Å². The zero-order chi connectivity index (χ0) is 18.4. The van der Waals surface area contributed by atoms with E-state index in [1.54, 1.807) is 17.5 Å². The average Bonchev–Trinajstić information content (AvgIpc) is 3.22. The van der Waals surface area contributed by atoms with Gasteiger partial charge in [0.1, 0.15) is 4.88 Å². The molecule has 6 nitrogen and oxygen atoms in total. The van der Waals surface area contributed by atoms with E-state index >= 15 is 0 Å². The van der Waals surface area contributed by atoms with E-state index in [0.29, 0.717) is 10.6 Å². The van der Waals surface area contributed by atoms with Crippen molar-refractivity contribution >= 4 is 34.6 Å². The molecule has 1 aliphatic heterocycles. The second-order valence-corrected chi connectivity index (χ2v) is 7.02. The molecule has 0 radical (unpaired) electrons. The van der Waals surface area contributed by atoms with Crippen LogP contribution >= 0.6 is 11.3 Å². The highest BCUT2D eigenvalue weighted by Gasteiger charge is 2.16. The van der Waals surface area contributed by atoms with Crippen LogP contribution in [0.25, 0.3) is 0 Å². The summed E-state index contributed by atoms with van der Waals surface area (Å²) in [5, 5.41) is 4.54. The van der Waals surface area contributed by atoms with Crippen LogP contribution < -0.4 is 10.2 Å². The maximum Gasteiger partial charge on any atom is 0.348 e. The van der Waals surface area contributed by atoms with Gasteiger partial charge in [-0.3, -0.25) is 4.79 Å². The van der Waals surface area contributed by atoms with Crippen molar-refractivity contribution in [1.29, 1.82) is 0 Å². The fourth-order valence-corrected chi connectivity index (χ4v) is 3.49. The molecule has 138 valence electrons. The van der Waals surface area contributed by atoms with E-state index in [9.17, 15) is 9.59 Å². The van der Waals surface area contributed by atoms with Gasteiger partial charge in [0.2, 0.25) is 0 Å². The van der Waals surface area contributed by atoms with Gasteiger partial charge in [0, 0.05) is 37.6 Å². The quantitative estimate of drug-likeness (QED) is 0.789. The number of amides is 1. The minimum atomic E-state index is -0.475. The molecule has 0 bridgehead atoms. The predicted octanol–water partition coefficient (Wildman–Crippen LogP) is 2.69. The summed E-state index contributed by atoms with van der Waals surface area (Å²) in [6.45, 7) is 7.16. The first kappa shape index (κ1) is 18.4. The van der Waals surface area contributed by atoms with Gasteiger partial charge in [-0.05, 0) is 42.3 Å². The van der Waals surface area contributed by atoms with Gasteiger partial charge < -0.3 is 19.9 Å². The molecule has 1 aromatic carbocycles. The van der Waals surface area contributed by atoms with Crippen LogP contribution in [0.4, 0.5) is 11.4 Å². The lowest BCUT2D eigenvalue weighted by Crippen LogP contribution is -2.46. The molecule has 1 N–H and O–H groups in total. The third-order valence-corrected chi connectivity index (χ3v) is 5.24. The van der Waals surface area contributed by atoms with Crippen LogP contribution in [0.1, 0.15) is 16.6 Å². The SMILES string of the molecule is CCN1CCN(c2ccc(NC(=O)COC(=O)c3cccs3)cc2)CC1. The molecular weight excluding hydrogens is 350 g/mol. The average molecular weight is 373 g/mol. The number of piperazine rings is 1. The normalized spacial score (nSPS) is 14.9. The Kier molecular flexibility index (Phi) is 6.25. The van der Waals surface area contributed by atoms with E-state index in [1.165, 1.54) is 11.3 Å². The van der Waals surface area contributed by atoms with Crippen molar-refractivity contribution in [1.82, 2.24) is 4.90 Å². The summed E-state index contributed by atoms with van der Waals surface area (Å²) in [6, 6.07) is 11.2. The molecule has 1 saturated heterocycles. The van der Waals surface area contributed by atoms with Crippen LogP contribution in [0.5, 0.6) is 0 Å². The van der Waals surface area contributed by atoms with E-state index in [0.717, 1.165) is 38.4 Å². The highest BCUT2D eigenvalue weighted by molar-refractivity contribution is 7.11. The van der Waals surface area contributed by atoms with Gasteiger partial charge in [0.05, 0.1) is 0 Å². The van der Waals surface area contributed by atoms with Crippen LogP contribution in [-0.2, 0) is 9.53 Å². The van der Waals surface area contributed by atoms with Crippen LogP contribution in [0.2, 0.25) is 0 Å². The monoisotopic (exact) mass is 373 g/mol. The van der Waals surface area contributed by atoms with E-state index in [2.05, 4.69) is 22.0 Å². The lowest BCUT2D eigenvalue weighted by atomic mass is 10.2. The molecule has 2 aromatic rings. The molecule has 1 amide bonds. The number of nitrogens with one attached hydrogen (secondary N) is 1. The van der Waals surface area contributed by atoms with Crippen LogP contribution in [0.15, 0.2) is 41.8 Å². The highest BCUT2D eigenvalue weighted by Crippen LogP contribution is 2.19. The van der Waals surface area contributed by atoms with Gasteiger partial charge in [0.15, 0.2) is 6.61 Å². The molecule has 0 unspecified atom stereocenters. The van der Waals surface area contributed by atoms with Crippen molar-refractivity contribution in [2.24, 2.45) is 0 Å². The maximum atomic E-state index is 11.9. The number of hydrogen-bond donors (Lipinski definition) is 1. The Labute approximate surface area is 157 Å². The van der Waals surface area contributed by atoms with Gasteiger partial charge >= 0.3 is 5.97 Å². The molecule has 26 heavy (non-hydrogen) atoms. The summed E-state index contributed by atoms with van der Waals surface area (Å²) in [6.07, 6.45) is 0. The molecule has 0 atom stereocenters. The zero-order valence-corrected chi connectivity index (χ0v) is 15.6. The van der Waals surface area contributed by atoms with E-state index in [4.69, 9.17) is 4.74 Å². The number of hydrogen-bond acceptors (Lipinski definition) is 6. The van der Waals surface area contributed by atoms with Crippen molar-refractivity contribution in [3.05, 3.63) is 46.7 Å². The Morgan fingerprint density at radius 2 is 1.85 bits per heavy atom. The Morgan fingerprint density at radius 3 is 2.46 bits per heavy atom. The number of ether oxygens (including phenoxy) is 1. The first-order chi connectivity index (χ1) is 12.7. The van der Waals surface area contributed by atoms with Crippen LogP contribution in [-0.4, -0.2) is 56.1 Å². The van der Waals surface area contributed by atoms with Gasteiger partial charge in [-0.2, -0.15) is 0 Å². The lowest BCUT2D eigenvalue weighted by molar-refractivity contribution is -0.119. The Bertz CT molecular complexity index is 723. The van der Waals surface area contributed by atoms with E-state index in [1.807, 2.05) is 24.3 Å². The van der Waals surface area contributed by atoms with E-state index in [-0.39, 0.29) is 12.5 Å². The van der Waals surface area contributed by atoms with Crippen LogP contribution in [0, 0.1) is 0 Å². The minimum absolute atomic E-state index is 0.294. The van der Waals surface area contributed by atoms with Crippen LogP contribution in [0.3, 0.4) is 0 Å². The highest BCUT2D eigenvalue weighted by atomic mass is 32.1. The number of esters is 1. The summed E-state index contributed by atoms with van der Waals surface area (Å²) in [5.74, 6) is -0.823. The summed E-state index contributed by atoms with van der Waals surface area (Å²) in [5.41, 5.74) is 1.85. The number of carbonyl (C=O) groups excluding carboxylic acids is 2. The predicted molar refractivity (Wildman–Crippen MR) is 104 cm³/mol. The number of rotatable bonds is 6. The molecule has 1 aromatic heterocycles. The number of nitrogens with zero attached hydrogens (tertiary/aromatic N) is 2. The first-order valence-corrected chi connectivity index (χ1v) is 9.61. The molecule has 1 aliphatic rings. The number of carbonyl (C=O) groups is 2. The number of likely N-dealkylation sites (N-methyl/N-ethyl adjacent to an activating group) is 1. The second kappa shape index (κ2) is 8.82. The van der Waals surface area contributed by atoms with Gasteiger partial charge in [0.25, 0.3) is 5.91 Å². The molecule has 2 heterocycles. The Balaban J connectivity index is 1.46. The largest absolute Gasteiger partial charge is 0.451 e. The van der Waals surface area contributed by atoms with Gasteiger partial charge in [-0.25, -0.2) is 4.79 Å². The first-order valence-electron chi connectivity index (χ1n) is 8.73. The second-order valence-electron chi connectivity index (χ2n) is 6.07. The summed E-state index contributed by atoms with van der Waals surface area (Å²) in [7, 11) is 0. The maximum absolute atomic E-state index is 11.9. The number of benzene rings is 1. The van der Waals surface area contributed by atoms with Crippen molar-refractivity contribution in [2.75, 3.05) is 49.5 Å². The lowest BCUT2D eigenvalue weighted by Gasteiger charge is -2.35. The fourth-order valence-electron chi connectivity index (χ4n) is 2.87. The third-order valence-electron chi connectivity index (χ3n) is 4.39. The molecule has 1 fully saturated rings. The Hall–Kier alpha value is -2.38. The summed E-state index contributed by atoms with van der Waals surface area (Å²) in [4.78, 5) is 28.9. The van der Waals surface area contributed by atoms with Gasteiger partial charge in [-0.15, -0.1) is 11.3 Å². The molecule has 3 rings (SSSR count). The molecule has 0 aliphatic carbocycles. The zero-order valence-electron chi connectivity index (χ0n) is 14.8. The molecular formula is C19H23N3O3S. The van der Waals surface area contributed by atoms with Crippen molar-refractivity contribution in [2.45, 2.75) is 6.92 Å². The number of thiophene rings is 1. The van der Waals surface area contributed by atoms with Gasteiger partial charge in [-0.1, -0.05) is 13.0 Å². The molecule has 7 heteroatoms. The van der Waals surface area contributed by atoms with Crippen molar-refractivity contribution in [3.63, 3.8) is 0 Å². The number of anilines is 2. The molecule has 0 spiro atoms. The van der Waals surface area contributed by atoms with E-state index < -0.39 is 5.97 Å².